The van der Waals surface area contributed by atoms with E-state index in [4.69, 9.17) is 14.7 Å². The van der Waals surface area contributed by atoms with Crippen LogP contribution in [0.1, 0.15) is 18.3 Å². The second-order valence-electron chi connectivity index (χ2n) is 4.56. The van der Waals surface area contributed by atoms with Gasteiger partial charge in [0.2, 0.25) is 0 Å². The van der Waals surface area contributed by atoms with Crippen molar-refractivity contribution in [1.29, 1.82) is 0 Å². The molecule has 0 saturated heterocycles. The molecule has 0 saturated carbocycles. The van der Waals surface area contributed by atoms with Crippen molar-refractivity contribution >= 4 is 5.71 Å². The van der Waals surface area contributed by atoms with Crippen LogP contribution in [-0.2, 0) is 6.54 Å². The van der Waals surface area contributed by atoms with E-state index in [2.05, 4.69) is 10.1 Å². The lowest BCUT2D eigenvalue weighted by atomic mass is 10.1. The van der Waals surface area contributed by atoms with Gasteiger partial charge in [0.25, 0.3) is 0 Å². The van der Waals surface area contributed by atoms with Crippen molar-refractivity contribution in [1.82, 2.24) is 9.55 Å². The fraction of sp³-hybridized carbons (Fsp3) is 0.333. The van der Waals surface area contributed by atoms with Gasteiger partial charge in [0.1, 0.15) is 23.9 Å². The fourth-order valence-electron chi connectivity index (χ4n) is 2.00. The Kier molecular flexibility index (Phi) is 4.81. The Hall–Kier alpha value is -2.50. The third-order valence-corrected chi connectivity index (χ3v) is 3.24. The van der Waals surface area contributed by atoms with Gasteiger partial charge in [0, 0.05) is 24.0 Å². The smallest absolute Gasteiger partial charge is 0.132 e. The fourth-order valence-corrected chi connectivity index (χ4v) is 2.00. The number of aryl methyl sites for hydroxylation is 1. The lowest BCUT2D eigenvalue weighted by Gasteiger charge is -2.13. The molecule has 0 aliphatic carbocycles. The van der Waals surface area contributed by atoms with Crippen molar-refractivity contribution in [3.63, 3.8) is 0 Å². The molecule has 0 radical (unpaired) electrons. The average molecular weight is 289 g/mol. The molecule has 0 aliphatic rings. The molecule has 0 bridgehead atoms. The molecule has 6 heteroatoms. The minimum absolute atomic E-state index is 0.482. The van der Waals surface area contributed by atoms with E-state index in [0.717, 1.165) is 11.4 Å². The van der Waals surface area contributed by atoms with E-state index in [1.165, 1.54) is 0 Å². The van der Waals surface area contributed by atoms with Gasteiger partial charge in [-0.05, 0) is 26.0 Å². The van der Waals surface area contributed by atoms with Crippen LogP contribution in [0.5, 0.6) is 11.5 Å². The first-order valence-electron chi connectivity index (χ1n) is 6.63. The summed E-state index contributed by atoms with van der Waals surface area (Å²) >= 11 is 0. The van der Waals surface area contributed by atoms with Gasteiger partial charge in [-0.3, -0.25) is 0 Å². The summed E-state index contributed by atoms with van der Waals surface area (Å²) in [4.78, 5) is 4.16. The van der Waals surface area contributed by atoms with Crippen molar-refractivity contribution in [2.45, 2.75) is 20.4 Å². The molecule has 1 N–H and O–H groups in total. The highest BCUT2D eigenvalue weighted by atomic mass is 16.5. The molecule has 2 aromatic rings. The van der Waals surface area contributed by atoms with Crippen LogP contribution in [0.4, 0.5) is 0 Å². The van der Waals surface area contributed by atoms with Crippen molar-refractivity contribution in [2.24, 2.45) is 5.16 Å². The van der Waals surface area contributed by atoms with E-state index in [9.17, 15) is 0 Å². The Bertz CT molecular complexity index is 635. The zero-order valence-corrected chi connectivity index (χ0v) is 12.4. The number of imidazole rings is 1. The summed E-state index contributed by atoms with van der Waals surface area (Å²) in [6.45, 7) is 4.84. The van der Waals surface area contributed by atoms with Crippen LogP contribution in [0.2, 0.25) is 0 Å². The van der Waals surface area contributed by atoms with Crippen molar-refractivity contribution in [3.8, 4) is 11.5 Å². The molecule has 112 valence electrons. The van der Waals surface area contributed by atoms with E-state index >= 15 is 0 Å². The highest BCUT2D eigenvalue weighted by molar-refractivity contribution is 6.00. The van der Waals surface area contributed by atoms with Gasteiger partial charge in [-0.2, -0.15) is 0 Å². The Balaban J connectivity index is 2.12. The second-order valence-corrected chi connectivity index (χ2v) is 4.56. The van der Waals surface area contributed by atoms with Crippen LogP contribution in [0.15, 0.2) is 35.7 Å². The molecule has 6 nitrogen and oxygen atoms in total. The standard InChI is InChI=1S/C15H19N3O3/c1-11(17-19)14-5-4-13(20-3)10-15(14)21-9-8-18-7-6-16-12(18)2/h4-7,10,19H,8-9H2,1-3H3/b17-11+. The summed E-state index contributed by atoms with van der Waals surface area (Å²) in [6, 6.07) is 5.40. The van der Waals surface area contributed by atoms with E-state index in [0.29, 0.717) is 30.4 Å². The summed E-state index contributed by atoms with van der Waals surface area (Å²) in [5, 5.41) is 12.2. The van der Waals surface area contributed by atoms with Gasteiger partial charge < -0.3 is 19.2 Å². The number of hydrogen-bond donors (Lipinski definition) is 1. The van der Waals surface area contributed by atoms with Crippen LogP contribution < -0.4 is 9.47 Å². The van der Waals surface area contributed by atoms with Crippen LogP contribution >= 0.6 is 0 Å². The van der Waals surface area contributed by atoms with E-state index in [1.807, 2.05) is 23.8 Å². The summed E-state index contributed by atoms with van der Waals surface area (Å²) in [6.07, 6.45) is 3.67. The first-order valence-corrected chi connectivity index (χ1v) is 6.63. The molecule has 21 heavy (non-hydrogen) atoms. The number of rotatable bonds is 6. The third kappa shape index (κ3) is 3.53. The maximum atomic E-state index is 8.94. The van der Waals surface area contributed by atoms with E-state index in [-0.39, 0.29) is 0 Å². The Morgan fingerprint density at radius 2 is 2.24 bits per heavy atom. The van der Waals surface area contributed by atoms with Crippen LogP contribution in [0.3, 0.4) is 0 Å². The number of nitrogens with zero attached hydrogens (tertiary/aromatic N) is 3. The summed E-state index contributed by atoms with van der Waals surface area (Å²) in [7, 11) is 1.60. The molecule has 2 rings (SSSR count). The molecule has 0 unspecified atom stereocenters. The third-order valence-electron chi connectivity index (χ3n) is 3.24. The maximum Gasteiger partial charge on any atom is 0.132 e. The predicted molar refractivity (Wildman–Crippen MR) is 79.5 cm³/mol. The number of benzene rings is 1. The molecule has 0 fully saturated rings. The zero-order chi connectivity index (χ0) is 15.2. The van der Waals surface area contributed by atoms with Crippen LogP contribution in [0, 0.1) is 6.92 Å². The van der Waals surface area contributed by atoms with Crippen molar-refractivity contribution in [2.75, 3.05) is 13.7 Å². The maximum absolute atomic E-state index is 8.94. The number of aromatic nitrogens is 2. The normalized spacial score (nSPS) is 11.5. The topological polar surface area (TPSA) is 68.9 Å². The average Bonchev–Trinajstić information content (AvgIpc) is 2.91. The minimum Gasteiger partial charge on any atom is -0.497 e. The molecule has 1 aromatic heterocycles. The van der Waals surface area contributed by atoms with E-state index < -0.39 is 0 Å². The van der Waals surface area contributed by atoms with E-state index in [1.54, 1.807) is 32.4 Å². The Morgan fingerprint density at radius 3 is 2.86 bits per heavy atom. The van der Waals surface area contributed by atoms with Gasteiger partial charge in [-0.1, -0.05) is 5.16 Å². The molecule has 0 aliphatic heterocycles. The largest absolute Gasteiger partial charge is 0.497 e. The van der Waals surface area contributed by atoms with Gasteiger partial charge in [-0.25, -0.2) is 4.98 Å². The molecule has 1 aromatic carbocycles. The summed E-state index contributed by atoms with van der Waals surface area (Å²) < 4.78 is 13.0. The summed E-state index contributed by atoms with van der Waals surface area (Å²) in [5.74, 6) is 2.26. The zero-order valence-electron chi connectivity index (χ0n) is 12.4. The molecule has 0 spiro atoms. The lowest BCUT2D eigenvalue weighted by molar-refractivity contribution is 0.293. The van der Waals surface area contributed by atoms with Gasteiger partial charge >= 0.3 is 0 Å². The van der Waals surface area contributed by atoms with Crippen LogP contribution in [-0.4, -0.2) is 34.2 Å². The lowest BCUT2D eigenvalue weighted by Crippen LogP contribution is -2.10. The predicted octanol–water partition coefficient (Wildman–Crippen LogP) is 2.48. The van der Waals surface area contributed by atoms with Crippen molar-refractivity contribution in [3.05, 3.63) is 42.0 Å². The highest BCUT2D eigenvalue weighted by Crippen LogP contribution is 2.25. The minimum atomic E-state index is 0.482. The number of methoxy groups -OCH3 is 1. The molecule has 0 atom stereocenters. The van der Waals surface area contributed by atoms with Gasteiger partial charge in [-0.15, -0.1) is 0 Å². The van der Waals surface area contributed by atoms with Gasteiger partial charge in [0.05, 0.1) is 19.4 Å². The Morgan fingerprint density at radius 1 is 1.43 bits per heavy atom. The number of ether oxygens (including phenoxy) is 2. The SMILES string of the molecule is COc1ccc(/C(C)=N/O)c(OCCn2ccnc2C)c1. The monoisotopic (exact) mass is 289 g/mol. The number of oxime groups is 1. The highest BCUT2D eigenvalue weighted by Gasteiger charge is 2.09. The number of hydrogen-bond acceptors (Lipinski definition) is 5. The van der Waals surface area contributed by atoms with Crippen molar-refractivity contribution < 1.29 is 14.7 Å². The molecular weight excluding hydrogens is 270 g/mol. The second kappa shape index (κ2) is 6.78. The summed E-state index contributed by atoms with van der Waals surface area (Å²) in [5.41, 5.74) is 1.23. The molecular formula is C15H19N3O3. The van der Waals surface area contributed by atoms with Gasteiger partial charge in [0.15, 0.2) is 0 Å². The first-order chi connectivity index (χ1) is 10.2. The molecule has 1 heterocycles. The van der Waals surface area contributed by atoms with Crippen LogP contribution in [0.25, 0.3) is 0 Å². The molecule has 0 amide bonds. The Labute approximate surface area is 123 Å². The first kappa shape index (κ1) is 14.9. The quantitative estimate of drug-likeness (QED) is 0.504.